The maximum atomic E-state index is 14.0. The summed E-state index contributed by atoms with van der Waals surface area (Å²) in [5, 5.41) is 11.5. The smallest absolute Gasteiger partial charge is 0.489 e. The summed E-state index contributed by atoms with van der Waals surface area (Å²) in [6, 6.07) is 28.9. The van der Waals surface area contributed by atoms with E-state index < -0.39 is 53.2 Å². The number of primary amides is 1. The SMILES string of the molecule is CCOC(=O)C(F)(F)c1ccc(B2OC(C)(C)C(C)(C)O2)cc1.Clc1cc(CCCN2CCCC2)ccc1OC1CC1.Cn1cc2ccc(-c3ccc(C(F)(F)C(N)=O)cc3)cc2n1.Cn1cc2ccc(Br)cc2n1. The van der Waals surface area contributed by atoms with Gasteiger partial charge in [0.1, 0.15) is 5.75 Å². The van der Waals surface area contributed by atoms with E-state index in [4.69, 9.17) is 31.4 Å². The largest absolute Gasteiger partial charge is 0.494 e. The van der Waals surface area contributed by atoms with Crippen molar-refractivity contribution >= 4 is 73.8 Å². The van der Waals surface area contributed by atoms with Crippen LogP contribution in [0.2, 0.25) is 5.02 Å². The Morgan fingerprint density at radius 3 is 1.88 bits per heavy atom. The maximum absolute atomic E-state index is 14.0. The van der Waals surface area contributed by atoms with E-state index in [1.807, 2.05) is 101 Å². The zero-order valence-corrected chi connectivity index (χ0v) is 45.6. The minimum atomic E-state index is -3.68. The van der Waals surface area contributed by atoms with Gasteiger partial charge >= 0.3 is 24.9 Å². The topological polar surface area (TPSA) is 136 Å². The van der Waals surface area contributed by atoms with Crippen LogP contribution in [0.1, 0.15) is 83.4 Å². The number of nitrogens with zero attached hydrogens (tertiary/aromatic N) is 5. The molecule has 1 saturated carbocycles. The monoisotopic (exact) mass is 1120 g/mol. The van der Waals surface area contributed by atoms with Crippen molar-refractivity contribution in [1.82, 2.24) is 24.5 Å². The molecule has 12 nitrogen and oxygen atoms in total. The van der Waals surface area contributed by atoms with Gasteiger partial charge in [-0.3, -0.25) is 14.2 Å². The van der Waals surface area contributed by atoms with Gasteiger partial charge in [-0.25, -0.2) is 4.79 Å². The number of benzene rings is 5. The molecule has 0 bridgehead atoms. The molecule has 2 aromatic heterocycles. The van der Waals surface area contributed by atoms with Gasteiger partial charge in [0.15, 0.2) is 0 Å². The maximum Gasteiger partial charge on any atom is 0.494 e. The van der Waals surface area contributed by atoms with Crippen LogP contribution in [0, 0.1) is 0 Å². The molecule has 0 spiro atoms. The number of esters is 1. The van der Waals surface area contributed by atoms with Crippen LogP contribution in [0.3, 0.4) is 0 Å². The standard InChI is InChI=1S/C16H21BF2O4.C16H22ClNO.C16H13F2N3O.C8H7BrN2/c1-6-21-13(20)16(18,19)11-7-9-12(10-8-11)17-22-14(2,3)15(4,5)23-17;17-15-12-13(4-3-11-18-9-1-2-10-18)5-8-16(15)19-14-6-7-14;1-21-9-12-3-2-11(8-14(12)20-21)10-4-6-13(7-5-10)16(17,18)15(19)22;1-11-5-6-2-3-7(9)4-8(6)10-11/h7-10H,6H2,1-5H3;5,8,12,14H,1-4,6-7,9-11H2;2-9H,1H3,(H2,19,22);2-5H,1H3. The van der Waals surface area contributed by atoms with Gasteiger partial charge < -0.3 is 29.4 Å². The number of hydrogen-bond acceptors (Lipinski definition) is 9. The molecule has 3 fully saturated rings. The summed E-state index contributed by atoms with van der Waals surface area (Å²) < 4.78 is 81.5. The second-order valence-corrected chi connectivity index (χ2v) is 21.2. The summed E-state index contributed by atoms with van der Waals surface area (Å²) in [7, 11) is 3.12. The number of carbonyl (C=O) groups excluding carboxylic acids is 2. The molecule has 0 unspecified atom stereocenters. The van der Waals surface area contributed by atoms with E-state index in [1.54, 1.807) is 4.68 Å². The van der Waals surface area contributed by atoms with Crippen molar-refractivity contribution < 1.29 is 45.9 Å². The number of fused-ring (bicyclic) bond motifs is 2. The molecule has 2 saturated heterocycles. The van der Waals surface area contributed by atoms with E-state index in [0.717, 1.165) is 49.2 Å². The summed E-state index contributed by atoms with van der Waals surface area (Å²) in [5.74, 6) is -9.69. The van der Waals surface area contributed by atoms with Crippen molar-refractivity contribution in [3.05, 3.63) is 142 Å². The van der Waals surface area contributed by atoms with Crippen LogP contribution in [0.25, 0.3) is 32.9 Å². The lowest BCUT2D eigenvalue weighted by molar-refractivity contribution is -0.173. The van der Waals surface area contributed by atoms with Gasteiger partial charge in [0, 0.05) is 52.9 Å². The highest BCUT2D eigenvalue weighted by Gasteiger charge is 2.52. The highest BCUT2D eigenvalue weighted by molar-refractivity contribution is 9.10. The summed E-state index contributed by atoms with van der Waals surface area (Å²) >= 11 is 9.66. The number of amides is 1. The number of likely N-dealkylation sites (tertiary alicyclic amines) is 1. The molecule has 7 aromatic rings. The Hall–Kier alpha value is -5.79. The quantitative estimate of drug-likeness (QED) is 0.0680. The second-order valence-electron chi connectivity index (χ2n) is 19.8. The highest BCUT2D eigenvalue weighted by atomic mass is 79.9. The Balaban J connectivity index is 0.000000150. The molecule has 2 N–H and O–H groups in total. The van der Waals surface area contributed by atoms with Gasteiger partial charge in [-0.2, -0.15) is 27.8 Å². The molecule has 19 heteroatoms. The molecular formula is C56H63BBrClF4N6O6. The van der Waals surface area contributed by atoms with Crippen molar-refractivity contribution in [2.75, 3.05) is 26.2 Å². The van der Waals surface area contributed by atoms with Crippen molar-refractivity contribution in [2.24, 2.45) is 19.8 Å². The Bertz CT molecular complexity index is 3060. The lowest BCUT2D eigenvalue weighted by Crippen LogP contribution is -2.41. The number of ether oxygens (including phenoxy) is 2. The lowest BCUT2D eigenvalue weighted by Gasteiger charge is -2.32. The number of carbonyl (C=O) groups is 2. The number of alkyl halides is 4. The van der Waals surface area contributed by atoms with Crippen LogP contribution < -0.4 is 15.9 Å². The summed E-state index contributed by atoms with van der Waals surface area (Å²) in [6.07, 6.45) is 11.7. The summed E-state index contributed by atoms with van der Waals surface area (Å²) in [4.78, 5) is 24.7. The van der Waals surface area contributed by atoms with E-state index in [0.29, 0.717) is 11.6 Å². The second kappa shape index (κ2) is 24.0. The number of halogens is 6. The molecule has 398 valence electrons. The van der Waals surface area contributed by atoms with Crippen molar-refractivity contribution in [3.63, 3.8) is 0 Å². The Kier molecular flexibility index (Phi) is 18.3. The fraction of sp³-hybridized carbons (Fsp3) is 0.393. The predicted molar refractivity (Wildman–Crippen MR) is 289 cm³/mol. The van der Waals surface area contributed by atoms with Gasteiger partial charge in [0.2, 0.25) is 0 Å². The van der Waals surface area contributed by atoms with E-state index in [2.05, 4.69) is 47.9 Å². The molecule has 4 heterocycles. The average Bonchev–Trinajstić information content (AvgIpc) is 3.59. The first-order chi connectivity index (χ1) is 35.4. The number of rotatable bonds is 13. The zero-order valence-electron chi connectivity index (χ0n) is 43.2. The molecule has 1 amide bonds. The highest BCUT2D eigenvalue weighted by Crippen LogP contribution is 2.38. The third-order valence-electron chi connectivity index (χ3n) is 13.4. The molecular weight excluding hydrogens is 1050 g/mol. The molecule has 75 heavy (non-hydrogen) atoms. The molecule has 5 aromatic carbocycles. The normalized spacial score (nSPS) is 16.1. The Labute approximate surface area is 449 Å². The fourth-order valence-corrected chi connectivity index (χ4v) is 8.88. The van der Waals surface area contributed by atoms with Gasteiger partial charge in [-0.1, -0.05) is 100 Å². The number of hydrogen-bond donors (Lipinski definition) is 1. The van der Waals surface area contributed by atoms with Crippen LogP contribution >= 0.6 is 27.5 Å². The predicted octanol–water partition coefficient (Wildman–Crippen LogP) is 11.7. The van der Waals surface area contributed by atoms with Crippen molar-refractivity contribution in [3.8, 4) is 16.9 Å². The van der Waals surface area contributed by atoms with Gasteiger partial charge in [0.25, 0.3) is 5.91 Å². The minimum absolute atomic E-state index is 0.0968. The number of aryl methyl sites for hydroxylation is 3. The van der Waals surface area contributed by atoms with Gasteiger partial charge in [0.05, 0.1) is 40.0 Å². The van der Waals surface area contributed by atoms with Gasteiger partial charge in [-0.05, 0) is 145 Å². The molecule has 1 aliphatic carbocycles. The van der Waals surface area contributed by atoms with Crippen molar-refractivity contribution in [2.45, 2.75) is 102 Å². The van der Waals surface area contributed by atoms with E-state index in [-0.39, 0.29) is 6.61 Å². The third kappa shape index (κ3) is 14.6. The molecule has 0 radical (unpaired) electrons. The molecule has 2 aliphatic heterocycles. The lowest BCUT2D eigenvalue weighted by atomic mass is 9.78. The van der Waals surface area contributed by atoms with Crippen LogP contribution in [-0.4, -0.2) is 87.0 Å². The molecule has 0 atom stereocenters. The van der Waals surface area contributed by atoms with Gasteiger partial charge in [-0.15, -0.1) is 0 Å². The Morgan fingerprint density at radius 2 is 1.32 bits per heavy atom. The average molecular weight is 1120 g/mol. The fourth-order valence-electron chi connectivity index (χ4n) is 8.29. The first-order valence-corrected chi connectivity index (χ1v) is 26.1. The summed E-state index contributed by atoms with van der Waals surface area (Å²) in [6.45, 7) is 12.8. The van der Waals surface area contributed by atoms with Crippen LogP contribution in [0.4, 0.5) is 17.6 Å². The minimum Gasteiger partial charge on any atom is -0.489 e. The van der Waals surface area contributed by atoms with E-state index in [1.165, 1.54) is 118 Å². The van der Waals surface area contributed by atoms with Crippen LogP contribution in [0.15, 0.2) is 120 Å². The van der Waals surface area contributed by atoms with E-state index >= 15 is 0 Å². The number of nitrogens with two attached hydrogens (primary N) is 1. The first kappa shape index (κ1) is 56.9. The van der Waals surface area contributed by atoms with Crippen LogP contribution in [0.5, 0.6) is 5.75 Å². The summed E-state index contributed by atoms with van der Waals surface area (Å²) in [5.41, 5.74) is 8.29. The molecule has 3 aliphatic rings. The third-order valence-corrected chi connectivity index (χ3v) is 14.2. The van der Waals surface area contributed by atoms with Crippen LogP contribution in [-0.2, 0) is 56.0 Å². The molecule has 10 rings (SSSR count). The first-order valence-electron chi connectivity index (χ1n) is 24.9. The van der Waals surface area contributed by atoms with Crippen molar-refractivity contribution in [1.29, 1.82) is 0 Å². The number of aromatic nitrogens is 4. The Morgan fingerprint density at radius 1 is 0.773 bits per heavy atom. The zero-order chi connectivity index (χ0) is 54.3. The van der Waals surface area contributed by atoms with E-state index in [9.17, 15) is 27.2 Å².